The third-order valence-electron chi connectivity index (χ3n) is 4.03. The normalized spacial score (nSPS) is 23.3. The predicted octanol–water partition coefficient (Wildman–Crippen LogP) is 0.838. The highest BCUT2D eigenvalue weighted by atomic mass is 16.7. The fourth-order valence-electron chi connectivity index (χ4n) is 2.79. The number of hydrogen-bond donors (Lipinski definition) is 2. The Hall–Kier alpha value is -1.18. The van der Waals surface area contributed by atoms with Gasteiger partial charge >= 0.3 is 6.03 Å². The van der Waals surface area contributed by atoms with Crippen molar-refractivity contribution in [3.8, 4) is 0 Å². The van der Waals surface area contributed by atoms with Gasteiger partial charge in [-0.2, -0.15) is 0 Å². The van der Waals surface area contributed by atoms with Gasteiger partial charge in [-0.1, -0.05) is 0 Å². The van der Waals surface area contributed by atoms with Crippen LogP contribution >= 0.6 is 0 Å². The van der Waals surface area contributed by atoms with E-state index in [0.29, 0.717) is 13.2 Å². The van der Waals surface area contributed by atoms with Crippen molar-refractivity contribution in [1.82, 2.24) is 15.5 Å². The van der Waals surface area contributed by atoms with Crippen LogP contribution in [0.25, 0.3) is 0 Å². The predicted molar refractivity (Wildman–Crippen MR) is 81.3 cm³/mol. The van der Waals surface area contributed by atoms with Crippen LogP contribution < -0.4 is 10.6 Å². The number of hydrogen-bond acceptors (Lipinski definition) is 5. The Morgan fingerprint density at radius 2 is 1.68 bits per heavy atom. The molecule has 2 heterocycles. The van der Waals surface area contributed by atoms with Gasteiger partial charge in [0.1, 0.15) is 0 Å². The molecule has 0 unspecified atom stereocenters. The summed E-state index contributed by atoms with van der Waals surface area (Å²) in [5, 5.41) is 5.12. The number of piperidine rings is 1. The van der Waals surface area contributed by atoms with Gasteiger partial charge in [-0.05, 0) is 27.7 Å². The Kier molecular flexibility index (Phi) is 5.09. The molecule has 1 atom stereocenters. The Morgan fingerprint density at radius 3 is 2.18 bits per heavy atom. The van der Waals surface area contributed by atoms with Gasteiger partial charge in [0.25, 0.3) is 0 Å². The lowest BCUT2D eigenvalue weighted by Gasteiger charge is -2.39. The average molecular weight is 313 g/mol. The third kappa shape index (κ3) is 4.41. The van der Waals surface area contributed by atoms with E-state index in [1.54, 1.807) is 0 Å². The molecule has 3 amide bonds. The second-order valence-electron chi connectivity index (χ2n) is 7.01. The van der Waals surface area contributed by atoms with Crippen LogP contribution in [0.1, 0.15) is 40.5 Å². The molecule has 1 spiro atoms. The van der Waals surface area contributed by atoms with E-state index in [1.165, 1.54) is 0 Å². The molecule has 7 nitrogen and oxygen atoms in total. The van der Waals surface area contributed by atoms with Crippen LogP contribution in [-0.4, -0.2) is 60.5 Å². The van der Waals surface area contributed by atoms with Gasteiger partial charge in [0.2, 0.25) is 5.91 Å². The van der Waals surface area contributed by atoms with Crippen LogP contribution in [0.5, 0.6) is 0 Å². The molecule has 2 fully saturated rings. The second kappa shape index (κ2) is 6.52. The van der Waals surface area contributed by atoms with Gasteiger partial charge in [0, 0.05) is 31.5 Å². The minimum Gasteiger partial charge on any atom is -0.347 e. The van der Waals surface area contributed by atoms with Crippen LogP contribution in [0, 0.1) is 0 Å². The highest BCUT2D eigenvalue weighted by Gasteiger charge is 2.41. The van der Waals surface area contributed by atoms with Crippen LogP contribution in [0.2, 0.25) is 0 Å². The molecule has 0 aromatic rings. The van der Waals surface area contributed by atoms with E-state index < -0.39 is 11.8 Å². The fraction of sp³-hybridized carbons (Fsp3) is 0.867. The second-order valence-corrected chi connectivity index (χ2v) is 7.01. The number of ether oxygens (including phenoxy) is 2. The number of urea groups is 1. The van der Waals surface area contributed by atoms with E-state index in [0.717, 1.165) is 25.9 Å². The van der Waals surface area contributed by atoms with Crippen molar-refractivity contribution >= 4 is 11.9 Å². The first-order valence-electron chi connectivity index (χ1n) is 7.86. The maximum atomic E-state index is 12.2. The number of likely N-dealkylation sites (tertiary alicyclic amines) is 1. The SMILES string of the molecule is C[C@@H](C(=O)NC(=O)NC(C)(C)C)N1CCC2(CC1)OCCO2. The summed E-state index contributed by atoms with van der Waals surface area (Å²) in [5.41, 5.74) is -0.373. The molecule has 2 saturated heterocycles. The zero-order valence-electron chi connectivity index (χ0n) is 13.9. The third-order valence-corrected chi connectivity index (χ3v) is 4.03. The zero-order chi connectivity index (χ0) is 16.4. The molecule has 2 aliphatic heterocycles. The van der Waals surface area contributed by atoms with E-state index in [1.807, 2.05) is 27.7 Å². The molecule has 0 aliphatic carbocycles. The summed E-state index contributed by atoms with van der Waals surface area (Å²) >= 11 is 0. The number of amides is 3. The lowest BCUT2D eigenvalue weighted by molar-refractivity contribution is -0.188. The Morgan fingerprint density at radius 1 is 1.14 bits per heavy atom. The number of imide groups is 1. The minimum atomic E-state index is -0.458. The highest BCUT2D eigenvalue weighted by molar-refractivity contribution is 5.97. The van der Waals surface area contributed by atoms with Gasteiger partial charge in [0.15, 0.2) is 5.79 Å². The molecule has 0 radical (unpaired) electrons. The molecular weight excluding hydrogens is 286 g/mol. The number of nitrogens with zero attached hydrogens (tertiary/aromatic N) is 1. The van der Waals surface area contributed by atoms with Gasteiger partial charge in [-0.15, -0.1) is 0 Å². The lowest BCUT2D eigenvalue weighted by Crippen LogP contribution is -2.55. The first kappa shape index (κ1) is 17.2. The summed E-state index contributed by atoms with van der Waals surface area (Å²) in [4.78, 5) is 26.0. The number of rotatable bonds is 2. The lowest BCUT2D eigenvalue weighted by atomic mass is 10.0. The van der Waals surface area contributed by atoms with E-state index >= 15 is 0 Å². The Bertz CT molecular complexity index is 417. The summed E-state index contributed by atoms with van der Waals surface area (Å²) in [7, 11) is 0. The number of carbonyl (C=O) groups excluding carboxylic acids is 2. The summed E-state index contributed by atoms with van der Waals surface area (Å²) in [5.74, 6) is -0.734. The molecule has 0 bridgehead atoms. The zero-order valence-corrected chi connectivity index (χ0v) is 13.9. The highest BCUT2D eigenvalue weighted by Crippen LogP contribution is 2.31. The number of carbonyl (C=O) groups is 2. The van der Waals surface area contributed by atoms with Crippen LogP contribution in [-0.2, 0) is 14.3 Å². The van der Waals surface area contributed by atoms with E-state index in [-0.39, 0.29) is 17.5 Å². The molecule has 2 aliphatic rings. The average Bonchev–Trinajstić information content (AvgIpc) is 2.85. The Balaban J connectivity index is 1.80. The van der Waals surface area contributed by atoms with Crippen molar-refractivity contribution in [1.29, 1.82) is 0 Å². The summed E-state index contributed by atoms with van der Waals surface area (Å²) < 4.78 is 11.4. The van der Waals surface area contributed by atoms with Gasteiger partial charge in [0.05, 0.1) is 19.3 Å². The van der Waals surface area contributed by atoms with E-state index in [2.05, 4.69) is 15.5 Å². The van der Waals surface area contributed by atoms with Crippen LogP contribution in [0.4, 0.5) is 4.79 Å². The molecule has 126 valence electrons. The first-order chi connectivity index (χ1) is 10.2. The molecule has 0 aromatic heterocycles. The molecular formula is C15H27N3O4. The summed E-state index contributed by atoms with van der Waals surface area (Å²) in [6.45, 7) is 10.1. The maximum Gasteiger partial charge on any atom is 0.321 e. The molecule has 7 heteroatoms. The van der Waals surface area contributed by atoms with Crippen molar-refractivity contribution in [2.75, 3.05) is 26.3 Å². The quantitative estimate of drug-likeness (QED) is 0.789. The van der Waals surface area contributed by atoms with E-state index in [4.69, 9.17) is 9.47 Å². The van der Waals surface area contributed by atoms with Gasteiger partial charge in [-0.3, -0.25) is 15.0 Å². The molecule has 0 aromatic carbocycles. The molecule has 2 rings (SSSR count). The van der Waals surface area contributed by atoms with Crippen molar-refractivity contribution in [3.05, 3.63) is 0 Å². The Labute approximate surface area is 131 Å². The van der Waals surface area contributed by atoms with E-state index in [9.17, 15) is 9.59 Å². The molecule has 2 N–H and O–H groups in total. The van der Waals surface area contributed by atoms with Crippen molar-refractivity contribution in [2.45, 2.75) is 57.9 Å². The topological polar surface area (TPSA) is 79.9 Å². The van der Waals surface area contributed by atoms with Gasteiger partial charge < -0.3 is 14.8 Å². The standard InChI is InChI=1S/C15H27N3O4/c1-11(12(19)16-13(20)17-14(2,3)4)18-7-5-15(6-8-18)21-9-10-22-15/h11H,5-10H2,1-4H3,(H2,16,17,19,20)/t11-/m0/s1. The fourth-order valence-corrected chi connectivity index (χ4v) is 2.79. The van der Waals surface area contributed by atoms with Crippen molar-refractivity contribution in [3.63, 3.8) is 0 Å². The first-order valence-corrected chi connectivity index (χ1v) is 7.86. The molecule has 0 saturated carbocycles. The largest absolute Gasteiger partial charge is 0.347 e. The van der Waals surface area contributed by atoms with Crippen molar-refractivity contribution in [2.24, 2.45) is 0 Å². The summed E-state index contributed by atoms with van der Waals surface area (Å²) in [6, 6.07) is -0.815. The smallest absolute Gasteiger partial charge is 0.321 e. The van der Waals surface area contributed by atoms with Gasteiger partial charge in [-0.25, -0.2) is 4.79 Å². The minimum absolute atomic E-state index is 0.286. The summed E-state index contributed by atoms with van der Waals surface area (Å²) in [6.07, 6.45) is 1.50. The maximum absolute atomic E-state index is 12.2. The number of nitrogens with one attached hydrogen (secondary N) is 2. The van der Waals surface area contributed by atoms with Crippen LogP contribution in [0.15, 0.2) is 0 Å². The molecule has 22 heavy (non-hydrogen) atoms. The van der Waals surface area contributed by atoms with Crippen molar-refractivity contribution < 1.29 is 19.1 Å². The van der Waals surface area contributed by atoms with Crippen LogP contribution in [0.3, 0.4) is 0 Å². The monoisotopic (exact) mass is 313 g/mol.